The number of Topliss-reactive ketones (excluding diaryl/α,β-unsaturated/α-hetero) is 2. The molecule has 0 atom stereocenters. The number of ether oxygens (including phenoxy) is 1. The molecule has 0 bridgehead atoms. The second-order valence-electron chi connectivity index (χ2n) is 2.57. The summed E-state index contributed by atoms with van der Waals surface area (Å²) in [7, 11) is 0. The average Bonchev–Trinajstić information content (AvgIpc) is 1.81. The average molecular weight is 238 g/mol. The zero-order chi connectivity index (χ0) is 10.6. The van der Waals surface area contributed by atoms with Crippen LogP contribution in [0.5, 0.6) is 0 Å². The summed E-state index contributed by atoms with van der Waals surface area (Å²) in [5.41, 5.74) is 0. The first-order valence-corrected chi connectivity index (χ1v) is 3.59. The summed E-state index contributed by atoms with van der Waals surface area (Å²) in [5.74, 6) is -4.66. The van der Waals surface area contributed by atoms with E-state index < -0.39 is 29.4 Å². The third-order valence-corrected chi connectivity index (χ3v) is 1.29. The van der Waals surface area contributed by atoms with Gasteiger partial charge in [0, 0.05) is 24.3 Å². The molecule has 0 aromatic carbocycles. The van der Waals surface area contributed by atoms with E-state index in [1.54, 1.807) is 0 Å². The Balaban J connectivity index is 0. The molecule has 0 aliphatic rings. The summed E-state index contributed by atoms with van der Waals surface area (Å²) in [6.45, 7) is 3.20. The molecular formula is C8H10CrO5. The van der Waals surface area contributed by atoms with Gasteiger partial charge in [0.25, 0.3) is 0 Å². The van der Waals surface area contributed by atoms with E-state index in [4.69, 9.17) is 0 Å². The summed E-state index contributed by atoms with van der Waals surface area (Å²) >= 11 is 0. The summed E-state index contributed by atoms with van der Waals surface area (Å²) in [4.78, 5) is 42.8. The van der Waals surface area contributed by atoms with E-state index in [1.807, 2.05) is 0 Å². The number of hydrogen-bond acceptors (Lipinski definition) is 5. The fourth-order valence-corrected chi connectivity index (χ4v) is 0.819. The zero-order valence-corrected chi connectivity index (χ0v) is 9.30. The molecule has 0 aliphatic carbocycles. The normalized spacial score (nSPS) is 8.86. The third kappa shape index (κ3) is 4.90. The summed E-state index contributed by atoms with van der Waals surface area (Å²) in [6, 6.07) is 0. The van der Waals surface area contributed by atoms with E-state index in [1.165, 1.54) is 0 Å². The van der Waals surface area contributed by atoms with Gasteiger partial charge < -0.3 is 4.74 Å². The van der Waals surface area contributed by atoms with Crippen molar-refractivity contribution in [2.75, 3.05) is 0 Å². The van der Waals surface area contributed by atoms with Gasteiger partial charge in [-0.3, -0.25) is 19.2 Å². The Morgan fingerprint density at radius 1 is 0.929 bits per heavy atom. The van der Waals surface area contributed by atoms with Crippen LogP contribution in [0.25, 0.3) is 0 Å². The first-order chi connectivity index (χ1) is 5.86. The van der Waals surface area contributed by atoms with Gasteiger partial charge in [0.05, 0.1) is 0 Å². The van der Waals surface area contributed by atoms with Gasteiger partial charge in [-0.05, 0) is 13.8 Å². The molecule has 0 unspecified atom stereocenters. The minimum Gasteiger partial charge on any atom is -0.392 e. The van der Waals surface area contributed by atoms with Gasteiger partial charge in [0.2, 0.25) is 0 Å². The van der Waals surface area contributed by atoms with Gasteiger partial charge >= 0.3 is 11.9 Å². The second kappa shape index (κ2) is 6.46. The molecule has 6 heteroatoms. The van der Waals surface area contributed by atoms with Crippen molar-refractivity contribution in [1.29, 1.82) is 0 Å². The second-order valence-corrected chi connectivity index (χ2v) is 2.57. The zero-order valence-electron chi connectivity index (χ0n) is 8.03. The minimum atomic E-state index is -1.47. The van der Waals surface area contributed by atoms with E-state index in [9.17, 15) is 19.2 Å². The predicted octanol–water partition coefficient (Wildman–Crippen LogP) is -0.132. The topological polar surface area (TPSA) is 77.5 Å². The Morgan fingerprint density at radius 3 is 1.50 bits per heavy atom. The van der Waals surface area contributed by atoms with Crippen LogP contribution in [0.3, 0.4) is 0 Å². The molecule has 5 nitrogen and oxygen atoms in total. The number of hydrogen-bond donors (Lipinski definition) is 0. The van der Waals surface area contributed by atoms with Crippen molar-refractivity contribution in [3.63, 3.8) is 0 Å². The third-order valence-electron chi connectivity index (χ3n) is 1.29. The Kier molecular flexibility index (Phi) is 7.15. The van der Waals surface area contributed by atoms with Crippen LogP contribution >= 0.6 is 0 Å². The Morgan fingerprint density at radius 2 is 1.29 bits per heavy atom. The van der Waals surface area contributed by atoms with Gasteiger partial charge in [-0.15, -0.1) is 0 Å². The molecule has 0 amide bonds. The van der Waals surface area contributed by atoms with Crippen LogP contribution in [-0.4, -0.2) is 23.5 Å². The monoisotopic (exact) mass is 238 g/mol. The largest absolute Gasteiger partial charge is 0.392 e. The SMILES string of the molecule is CC(=O)OC(=O)C(C(C)=O)C(C)=O.[Cr]. The van der Waals surface area contributed by atoms with Crippen LogP contribution < -0.4 is 0 Å². The molecule has 14 heavy (non-hydrogen) atoms. The molecule has 0 aliphatic heterocycles. The van der Waals surface area contributed by atoms with E-state index in [0.29, 0.717) is 0 Å². The molecule has 78 valence electrons. The van der Waals surface area contributed by atoms with Crippen LogP contribution in [0.15, 0.2) is 0 Å². The molecule has 0 saturated heterocycles. The van der Waals surface area contributed by atoms with E-state index >= 15 is 0 Å². The van der Waals surface area contributed by atoms with E-state index in [2.05, 4.69) is 4.74 Å². The quantitative estimate of drug-likeness (QED) is 0.505. The molecule has 0 spiro atoms. The first-order valence-electron chi connectivity index (χ1n) is 3.59. The van der Waals surface area contributed by atoms with Crippen LogP contribution in [0.2, 0.25) is 0 Å². The van der Waals surface area contributed by atoms with Crippen molar-refractivity contribution < 1.29 is 41.3 Å². The van der Waals surface area contributed by atoms with E-state index in [0.717, 1.165) is 20.8 Å². The number of rotatable bonds is 3. The van der Waals surface area contributed by atoms with Crippen molar-refractivity contribution in [3.8, 4) is 0 Å². The molecule has 0 saturated carbocycles. The molecule has 0 heterocycles. The Bertz CT molecular complexity index is 257. The van der Waals surface area contributed by atoms with Crippen molar-refractivity contribution in [3.05, 3.63) is 0 Å². The van der Waals surface area contributed by atoms with Gasteiger partial charge in [0.1, 0.15) is 0 Å². The van der Waals surface area contributed by atoms with Crippen LogP contribution in [0.1, 0.15) is 20.8 Å². The van der Waals surface area contributed by atoms with Crippen molar-refractivity contribution in [1.82, 2.24) is 0 Å². The van der Waals surface area contributed by atoms with Gasteiger partial charge in [-0.25, -0.2) is 0 Å². The maximum atomic E-state index is 11.0. The van der Waals surface area contributed by atoms with Crippen molar-refractivity contribution in [2.24, 2.45) is 5.92 Å². The van der Waals surface area contributed by atoms with E-state index in [-0.39, 0.29) is 17.4 Å². The summed E-state index contributed by atoms with van der Waals surface area (Å²) in [6.07, 6.45) is 0. The maximum absolute atomic E-state index is 11.0. The Labute approximate surface area is 91.9 Å². The number of carbonyl (C=O) groups is 4. The number of carbonyl (C=O) groups excluding carboxylic acids is 4. The molecule has 0 fully saturated rings. The smallest absolute Gasteiger partial charge is 0.331 e. The fraction of sp³-hybridized carbons (Fsp3) is 0.500. The summed E-state index contributed by atoms with van der Waals surface area (Å²) < 4.78 is 4.12. The maximum Gasteiger partial charge on any atom is 0.331 e. The van der Waals surface area contributed by atoms with Gasteiger partial charge in [0.15, 0.2) is 17.5 Å². The molecule has 0 radical (unpaired) electrons. The number of ketones is 2. The first kappa shape index (κ1) is 15.5. The molecule has 0 aromatic rings. The van der Waals surface area contributed by atoms with Gasteiger partial charge in [-0.2, -0.15) is 0 Å². The molecular weight excluding hydrogens is 228 g/mol. The molecule has 0 N–H and O–H groups in total. The number of esters is 2. The molecule has 0 aromatic heterocycles. The Hall–Kier alpha value is -0.988. The van der Waals surface area contributed by atoms with Crippen molar-refractivity contribution in [2.45, 2.75) is 20.8 Å². The van der Waals surface area contributed by atoms with Crippen LogP contribution in [0.4, 0.5) is 0 Å². The van der Waals surface area contributed by atoms with Crippen LogP contribution in [0, 0.1) is 5.92 Å². The van der Waals surface area contributed by atoms with Gasteiger partial charge in [-0.1, -0.05) is 0 Å². The van der Waals surface area contributed by atoms with Crippen LogP contribution in [-0.2, 0) is 41.3 Å². The standard InChI is InChI=1S/C8H10O5.Cr/c1-4(9)7(5(2)10)8(12)13-6(3)11;/h7H,1-3H3;. The minimum absolute atomic E-state index is 0. The predicted molar refractivity (Wildman–Crippen MR) is 41.6 cm³/mol. The summed E-state index contributed by atoms with van der Waals surface area (Å²) in [5, 5.41) is 0. The molecule has 0 rings (SSSR count). The fourth-order valence-electron chi connectivity index (χ4n) is 0.819. The van der Waals surface area contributed by atoms with Crippen molar-refractivity contribution >= 4 is 23.5 Å².